The molecule has 66 valence electrons. The molecule has 0 aromatic heterocycles. The highest BCUT2D eigenvalue weighted by atomic mass is 16.5. The first-order valence-corrected chi connectivity index (χ1v) is 3.46. The molecule has 0 atom stereocenters. The molecular weight excluding hydrogens is 158 g/mol. The maximum absolute atomic E-state index is 10.6. The molecule has 0 aromatic carbocycles. The summed E-state index contributed by atoms with van der Waals surface area (Å²) in [5, 5.41) is 17.2. The van der Waals surface area contributed by atoms with E-state index in [-0.39, 0.29) is 17.3 Å². The van der Waals surface area contributed by atoms with E-state index in [0.29, 0.717) is 0 Å². The number of aliphatic carboxylic acids is 1. The number of nitrogens with zero attached hydrogens (tertiary/aromatic N) is 1. The van der Waals surface area contributed by atoms with Crippen molar-refractivity contribution in [3.05, 3.63) is 11.3 Å². The Kier molecular flexibility index (Phi) is 3.84. The molecule has 12 heavy (non-hydrogen) atoms. The maximum Gasteiger partial charge on any atom is 0.336 e. The minimum atomic E-state index is -1.11. The number of rotatable bonds is 3. The highest BCUT2D eigenvalue weighted by Crippen LogP contribution is 2.14. The number of hydrogen-bond acceptors (Lipinski definition) is 3. The number of methoxy groups -OCH3 is 1. The van der Waals surface area contributed by atoms with Gasteiger partial charge in [-0.15, -0.1) is 0 Å². The second-order valence-electron chi connectivity index (χ2n) is 2.52. The van der Waals surface area contributed by atoms with Gasteiger partial charge in [0.2, 0.25) is 5.76 Å². The molecule has 4 heteroatoms. The molecule has 0 aliphatic heterocycles. The Balaban J connectivity index is 5.07. The molecule has 0 heterocycles. The summed E-state index contributed by atoms with van der Waals surface area (Å²) in [5.74, 6) is -1.46. The summed E-state index contributed by atoms with van der Waals surface area (Å²) >= 11 is 0. The number of allylic oxidation sites excluding steroid dienone is 1. The molecule has 0 bridgehead atoms. The average molecular weight is 169 g/mol. The Bertz CT molecular complexity index is 248. The fraction of sp³-hybridized carbons (Fsp3) is 0.500. The lowest BCUT2D eigenvalue weighted by Gasteiger charge is -2.07. The minimum absolute atomic E-state index is 0.0139. The van der Waals surface area contributed by atoms with Crippen LogP contribution in [0.1, 0.15) is 13.8 Å². The number of nitriles is 1. The Morgan fingerprint density at radius 2 is 2.08 bits per heavy atom. The molecule has 0 unspecified atom stereocenters. The summed E-state index contributed by atoms with van der Waals surface area (Å²) in [4.78, 5) is 10.6. The molecular formula is C8H11NO3. The van der Waals surface area contributed by atoms with Gasteiger partial charge in [-0.05, 0) is 5.92 Å². The van der Waals surface area contributed by atoms with E-state index in [0.717, 1.165) is 0 Å². The van der Waals surface area contributed by atoms with Crippen LogP contribution in [0, 0.1) is 17.2 Å². The van der Waals surface area contributed by atoms with Crippen molar-refractivity contribution >= 4 is 5.97 Å². The van der Waals surface area contributed by atoms with Gasteiger partial charge in [-0.1, -0.05) is 13.8 Å². The monoisotopic (exact) mass is 169 g/mol. The summed E-state index contributed by atoms with van der Waals surface area (Å²) in [6, 6.07) is 1.69. The predicted octanol–water partition coefficient (Wildman–Crippen LogP) is 1.15. The van der Waals surface area contributed by atoms with Crippen LogP contribution in [0.2, 0.25) is 0 Å². The van der Waals surface area contributed by atoms with Crippen LogP contribution >= 0.6 is 0 Å². The minimum Gasteiger partial charge on any atom is -0.487 e. The summed E-state index contributed by atoms with van der Waals surface area (Å²) in [5.41, 5.74) is 0.0139. The van der Waals surface area contributed by atoms with Crippen molar-refractivity contribution < 1.29 is 14.6 Å². The van der Waals surface area contributed by atoms with Crippen molar-refractivity contribution in [3.63, 3.8) is 0 Å². The zero-order valence-corrected chi connectivity index (χ0v) is 7.29. The Labute approximate surface area is 71.1 Å². The average Bonchev–Trinajstić information content (AvgIpc) is 1.98. The maximum atomic E-state index is 10.6. The van der Waals surface area contributed by atoms with E-state index in [9.17, 15) is 4.79 Å². The first-order chi connectivity index (χ1) is 5.54. The van der Waals surface area contributed by atoms with Crippen LogP contribution in [0.25, 0.3) is 0 Å². The zero-order chi connectivity index (χ0) is 9.72. The van der Waals surface area contributed by atoms with Crippen molar-refractivity contribution in [2.45, 2.75) is 13.8 Å². The summed E-state index contributed by atoms with van der Waals surface area (Å²) in [7, 11) is 1.28. The van der Waals surface area contributed by atoms with Crippen molar-refractivity contribution in [2.75, 3.05) is 7.11 Å². The molecule has 0 amide bonds. The van der Waals surface area contributed by atoms with E-state index in [1.807, 2.05) is 0 Å². The van der Waals surface area contributed by atoms with Crippen molar-refractivity contribution in [1.29, 1.82) is 5.26 Å². The molecule has 0 aliphatic rings. The van der Waals surface area contributed by atoms with E-state index >= 15 is 0 Å². The van der Waals surface area contributed by atoms with Gasteiger partial charge < -0.3 is 9.84 Å². The van der Waals surface area contributed by atoms with Crippen molar-refractivity contribution in [3.8, 4) is 6.07 Å². The van der Waals surface area contributed by atoms with Crippen molar-refractivity contribution in [2.24, 2.45) is 5.92 Å². The van der Waals surface area contributed by atoms with Crippen molar-refractivity contribution in [1.82, 2.24) is 0 Å². The molecule has 0 aliphatic carbocycles. The van der Waals surface area contributed by atoms with Gasteiger partial charge in [-0.3, -0.25) is 0 Å². The third-order valence-electron chi connectivity index (χ3n) is 1.36. The fourth-order valence-electron chi connectivity index (χ4n) is 0.822. The Hall–Kier alpha value is -1.50. The van der Waals surface area contributed by atoms with Crippen LogP contribution in [-0.4, -0.2) is 18.2 Å². The SMILES string of the molecule is COC(C#N)=C(C(=O)O)C(C)C. The van der Waals surface area contributed by atoms with Gasteiger partial charge in [0.05, 0.1) is 12.7 Å². The number of carboxylic acids is 1. The third-order valence-corrected chi connectivity index (χ3v) is 1.36. The van der Waals surface area contributed by atoms with Gasteiger partial charge >= 0.3 is 5.97 Å². The quantitative estimate of drug-likeness (QED) is 0.391. The van der Waals surface area contributed by atoms with E-state index < -0.39 is 5.97 Å². The molecule has 0 spiro atoms. The highest BCUT2D eigenvalue weighted by molar-refractivity contribution is 5.88. The molecule has 0 fully saturated rings. The van der Waals surface area contributed by atoms with Gasteiger partial charge in [0.25, 0.3) is 0 Å². The second kappa shape index (κ2) is 4.39. The molecule has 0 aromatic rings. The molecule has 4 nitrogen and oxygen atoms in total. The number of carboxylic acid groups (broad SMARTS) is 1. The normalized spacial score (nSPS) is 11.9. The molecule has 1 N–H and O–H groups in total. The molecule has 0 saturated heterocycles. The van der Waals surface area contributed by atoms with Gasteiger partial charge in [0.15, 0.2) is 0 Å². The van der Waals surface area contributed by atoms with E-state index in [1.165, 1.54) is 7.11 Å². The molecule has 0 radical (unpaired) electrons. The summed E-state index contributed by atoms with van der Waals surface area (Å²) in [6.07, 6.45) is 0. The Morgan fingerprint density at radius 1 is 1.58 bits per heavy atom. The number of hydrogen-bond donors (Lipinski definition) is 1. The molecule has 0 rings (SSSR count). The van der Waals surface area contributed by atoms with Crippen LogP contribution in [0.4, 0.5) is 0 Å². The smallest absolute Gasteiger partial charge is 0.336 e. The van der Waals surface area contributed by atoms with Gasteiger partial charge in [0, 0.05) is 0 Å². The van der Waals surface area contributed by atoms with Gasteiger partial charge in [0.1, 0.15) is 6.07 Å². The Morgan fingerprint density at radius 3 is 2.17 bits per heavy atom. The molecule has 0 saturated carbocycles. The summed E-state index contributed by atoms with van der Waals surface area (Å²) < 4.78 is 4.62. The first kappa shape index (κ1) is 10.5. The third kappa shape index (κ3) is 2.27. The standard InChI is InChI=1S/C8H11NO3/c1-5(2)7(8(10)11)6(4-9)12-3/h5H,1-3H3,(H,10,11). The van der Waals surface area contributed by atoms with Crippen LogP contribution in [-0.2, 0) is 9.53 Å². The first-order valence-electron chi connectivity index (χ1n) is 3.46. The fourth-order valence-corrected chi connectivity index (χ4v) is 0.822. The van der Waals surface area contributed by atoms with Crippen LogP contribution < -0.4 is 0 Å². The highest BCUT2D eigenvalue weighted by Gasteiger charge is 2.18. The largest absolute Gasteiger partial charge is 0.487 e. The summed E-state index contributed by atoms with van der Waals surface area (Å²) in [6.45, 7) is 3.39. The van der Waals surface area contributed by atoms with E-state index in [1.54, 1.807) is 19.9 Å². The predicted molar refractivity (Wildman–Crippen MR) is 42.1 cm³/mol. The van der Waals surface area contributed by atoms with Gasteiger partial charge in [-0.2, -0.15) is 5.26 Å². The lowest BCUT2D eigenvalue weighted by molar-refractivity contribution is -0.133. The van der Waals surface area contributed by atoms with E-state index in [4.69, 9.17) is 10.4 Å². The zero-order valence-electron chi connectivity index (χ0n) is 7.29. The lowest BCUT2D eigenvalue weighted by atomic mass is 10.0. The van der Waals surface area contributed by atoms with Gasteiger partial charge in [-0.25, -0.2) is 4.79 Å². The van der Waals surface area contributed by atoms with E-state index in [2.05, 4.69) is 4.74 Å². The topological polar surface area (TPSA) is 70.3 Å². The number of ether oxygens (including phenoxy) is 1. The second-order valence-corrected chi connectivity index (χ2v) is 2.52. The van der Waals surface area contributed by atoms with Crippen LogP contribution in [0.15, 0.2) is 11.3 Å². The number of carbonyl (C=O) groups is 1. The van der Waals surface area contributed by atoms with Crippen LogP contribution in [0.3, 0.4) is 0 Å². The van der Waals surface area contributed by atoms with Crippen LogP contribution in [0.5, 0.6) is 0 Å². The lowest BCUT2D eigenvalue weighted by Crippen LogP contribution is -2.10.